The summed E-state index contributed by atoms with van der Waals surface area (Å²) in [6, 6.07) is 6.90. The lowest BCUT2D eigenvalue weighted by Crippen LogP contribution is -3.13. The molecule has 0 bridgehead atoms. The number of halogens is 1. The molecule has 0 aromatic heterocycles. The lowest BCUT2D eigenvalue weighted by Gasteiger charge is -2.39. The minimum absolute atomic E-state index is 0.178. The molecule has 2 aliphatic rings. The average Bonchev–Trinajstić information content (AvgIpc) is 2.62. The van der Waals surface area contributed by atoms with E-state index in [0.29, 0.717) is 43.7 Å². The topological polar surface area (TPSA) is 28.0 Å². The second-order valence-corrected chi connectivity index (χ2v) is 7.89. The van der Waals surface area contributed by atoms with Gasteiger partial charge in [-0.2, -0.15) is 0 Å². The number of nitrogens with zero attached hydrogens (tertiary/aromatic N) is 2. The van der Waals surface area contributed by atoms with Gasteiger partial charge in [-0.1, -0.05) is 26.0 Å². The number of carbonyl (C=O) groups is 1. The van der Waals surface area contributed by atoms with Crippen LogP contribution in [0.4, 0.5) is 10.1 Å². The van der Waals surface area contributed by atoms with E-state index in [1.54, 1.807) is 11.0 Å². The third kappa shape index (κ3) is 4.51. The maximum absolute atomic E-state index is 13.9. The molecule has 138 valence electrons. The number of piperazine rings is 1. The van der Waals surface area contributed by atoms with Gasteiger partial charge >= 0.3 is 0 Å². The zero-order chi connectivity index (χ0) is 17.8. The monoisotopic (exact) mass is 348 g/mol. The molecule has 0 spiro atoms. The van der Waals surface area contributed by atoms with Crippen molar-refractivity contribution in [2.75, 3.05) is 50.7 Å². The number of hydrogen-bond acceptors (Lipinski definition) is 2. The first-order valence-corrected chi connectivity index (χ1v) is 9.66. The molecule has 2 aliphatic heterocycles. The molecule has 0 aliphatic carbocycles. The highest BCUT2D eigenvalue weighted by atomic mass is 19.1. The predicted molar refractivity (Wildman–Crippen MR) is 98.3 cm³/mol. The molecule has 1 N–H and O–H groups in total. The number of anilines is 1. The van der Waals surface area contributed by atoms with Gasteiger partial charge in [0.1, 0.15) is 5.82 Å². The third-order valence-electron chi connectivity index (χ3n) is 5.52. The largest absolute Gasteiger partial charge is 0.366 e. The van der Waals surface area contributed by atoms with Crippen molar-refractivity contribution in [3.8, 4) is 0 Å². The molecule has 4 nitrogen and oxygen atoms in total. The van der Waals surface area contributed by atoms with Crippen molar-refractivity contribution >= 4 is 11.6 Å². The summed E-state index contributed by atoms with van der Waals surface area (Å²) in [6.45, 7) is 10.8. The minimum atomic E-state index is -0.178. The van der Waals surface area contributed by atoms with Crippen LogP contribution in [0, 0.1) is 17.7 Å². The molecular formula is C20H31FN3O+. The third-order valence-corrected chi connectivity index (χ3v) is 5.52. The lowest BCUT2D eigenvalue weighted by atomic mass is 9.94. The van der Waals surface area contributed by atoms with Gasteiger partial charge < -0.3 is 14.7 Å². The van der Waals surface area contributed by atoms with Crippen molar-refractivity contribution in [2.45, 2.75) is 26.7 Å². The number of benzene rings is 1. The summed E-state index contributed by atoms with van der Waals surface area (Å²) in [7, 11) is 0. The number of hydrogen-bond donors (Lipinski definition) is 1. The van der Waals surface area contributed by atoms with Crippen LogP contribution >= 0.6 is 0 Å². The SMILES string of the molecule is CC(C)C[NH+]1CCC(C(=O)N2CCN(c3ccccc3F)CC2)CC1. The Hall–Kier alpha value is -1.62. The molecular weight excluding hydrogens is 317 g/mol. The highest BCUT2D eigenvalue weighted by Crippen LogP contribution is 2.21. The van der Waals surface area contributed by atoms with Crippen LogP contribution in [0.15, 0.2) is 24.3 Å². The van der Waals surface area contributed by atoms with E-state index in [-0.39, 0.29) is 11.7 Å². The lowest BCUT2D eigenvalue weighted by molar-refractivity contribution is -0.908. The van der Waals surface area contributed by atoms with Crippen molar-refractivity contribution in [3.63, 3.8) is 0 Å². The molecule has 0 atom stereocenters. The van der Waals surface area contributed by atoms with Gasteiger partial charge in [0, 0.05) is 50.9 Å². The number of piperidine rings is 1. The second-order valence-electron chi connectivity index (χ2n) is 7.89. The van der Waals surface area contributed by atoms with E-state index in [1.807, 2.05) is 17.0 Å². The Balaban J connectivity index is 1.48. The Morgan fingerprint density at radius 3 is 2.40 bits per heavy atom. The molecule has 2 heterocycles. The maximum atomic E-state index is 13.9. The van der Waals surface area contributed by atoms with Gasteiger partial charge in [-0.25, -0.2) is 4.39 Å². The van der Waals surface area contributed by atoms with E-state index < -0.39 is 0 Å². The fraction of sp³-hybridized carbons (Fsp3) is 0.650. The van der Waals surface area contributed by atoms with Gasteiger partial charge in [0.25, 0.3) is 0 Å². The Morgan fingerprint density at radius 1 is 1.16 bits per heavy atom. The van der Waals surface area contributed by atoms with E-state index in [4.69, 9.17) is 0 Å². The normalized spacial score (nSPS) is 24.6. The smallest absolute Gasteiger partial charge is 0.226 e. The van der Waals surface area contributed by atoms with Gasteiger partial charge in [0.05, 0.1) is 25.3 Å². The first-order valence-electron chi connectivity index (χ1n) is 9.66. The zero-order valence-electron chi connectivity index (χ0n) is 15.5. The molecule has 1 aromatic rings. The fourth-order valence-corrected chi connectivity index (χ4v) is 4.19. The van der Waals surface area contributed by atoms with Crippen molar-refractivity contribution in [1.29, 1.82) is 0 Å². The number of carbonyl (C=O) groups excluding carboxylic acids is 1. The Labute approximate surface area is 150 Å². The summed E-state index contributed by atoms with van der Waals surface area (Å²) in [5, 5.41) is 0. The molecule has 25 heavy (non-hydrogen) atoms. The quantitative estimate of drug-likeness (QED) is 0.891. The van der Waals surface area contributed by atoms with Crippen LogP contribution in [0.3, 0.4) is 0 Å². The van der Waals surface area contributed by atoms with Gasteiger partial charge in [-0.05, 0) is 12.1 Å². The van der Waals surface area contributed by atoms with E-state index in [2.05, 4.69) is 18.7 Å². The predicted octanol–water partition coefficient (Wildman–Crippen LogP) is 1.43. The summed E-state index contributed by atoms with van der Waals surface area (Å²) in [5.41, 5.74) is 0.653. The molecule has 0 unspecified atom stereocenters. The summed E-state index contributed by atoms with van der Waals surface area (Å²) < 4.78 is 13.9. The molecule has 3 rings (SSSR count). The van der Waals surface area contributed by atoms with Crippen LogP contribution in [0.1, 0.15) is 26.7 Å². The van der Waals surface area contributed by atoms with Gasteiger partial charge in [-0.15, -0.1) is 0 Å². The van der Waals surface area contributed by atoms with Crippen LogP contribution in [0.2, 0.25) is 0 Å². The van der Waals surface area contributed by atoms with Crippen LogP contribution in [-0.4, -0.2) is 56.6 Å². The Bertz CT molecular complexity index is 576. The van der Waals surface area contributed by atoms with Gasteiger partial charge in [0.15, 0.2) is 0 Å². The molecule has 1 amide bonds. The highest BCUT2D eigenvalue weighted by molar-refractivity contribution is 5.79. The van der Waals surface area contributed by atoms with E-state index in [1.165, 1.54) is 12.6 Å². The fourth-order valence-electron chi connectivity index (χ4n) is 4.19. The molecule has 2 saturated heterocycles. The summed E-state index contributed by atoms with van der Waals surface area (Å²) in [4.78, 5) is 18.5. The average molecular weight is 348 g/mol. The van der Waals surface area contributed by atoms with E-state index in [9.17, 15) is 9.18 Å². The van der Waals surface area contributed by atoms with Crippen LogP contribution in [0.25, 0.3) is 0 Å². The Kier molecular flexibility index (Phi) is 5.94. The van der Waals surface area contributed by atoms with Crippen molar-refractivity contribution in [3.05, 3.63) is 30.1 Å². The number of rotatable bonds is 4. The van der Waals surface area contributed by atoms with Gasteiger partial charge in [-0.3, -0.25) is 4.79 Å². The number of para-hydroxylation sites is 1. The standard InChI is InChI=1S/C20H30FN3O/c1-16(2)15-22-9-7-17(8-10-22)20(25)24-13-11-23(12-14-24)19-6-4-3-5-18(19)21/h3-6,16-17H,7-15H2,1-2H3/p+1. The number of amides is 1. The Morgan fingerprint density at radius 2 is 1.80 bits per heavy atom. The first kappa shape index (κ1) is 18.2. The van der Waals surface area contributed by atoms with Crippen molar-refractivity contribution in [1.82, 2.24) is 4.90 Å². The highest BCUT2D eigenvalue weighted by Gasteiger charge is 2.32. The molecule has 2 fully saturated rings. The maximum Gasteiger partial charge on any atom is 0.226 e. The summed E-state index contributed by atoms with van der Waals surface area (Å²) in [5.74, 6) is 1.05. The van der Waals surface area contributed by atoms with Crippen molar-refractivity contribution in [2.24, 2.45) is 11.8 Å². The van der Waals surface area contributed by atoms with E-state index >= 15 is 0 Å². The summed E-state index contributed by atoms with van der Waals surface area (Å²) in [6.07, 6.45) is 2.02. The molecule has 5 heteroatoms. The minimum Gasteiger partial charge on any atom is -0.366 e. The van der Waals surface area contributed by atoms with E-state index in [0.717, 1.165) is 25.9 Å². The first-order chi connectivity index (χ1) is 12.0. The number of quaternary nitrogens is 1. The molecule has 0 radical (unpaired) electrons. The van der Waals surface area contributed by atoms with Crippen LogP contribution < -0.4 is 9.80 Å². The second kappa shape index (κ2) is 8.17. The summed E-state index contributed by atoms with van der Waals surface area (Å²) >= 11 is 0. The van der Waals surface area contributed by atoms with Crippen molar-refractivity contribution < 1.29 is 14.1 Å². The molecule has 1 aromatic carbocycles. The van der Waals surface area contributed by atoms with Crippen LogP contribution in [-0.2, 0) is 4.79 Å². The zero-order valence-corrected chi connectivity index (χ0v) is 15.5. The van der Waals surface area contributed by atoms with Crippen LogP contribution in [0.5, 0.6) is 0 Å². The number of likely N-dealkylation sites (tertiary alicyclic amines) is 1. The van der Waals surface area contributed by atoms with Gasteiger partial charge in [0.2, 0.25) is 5.91 Å². The molecule has 0 saturated carbocycles. The number of nitrogens with one attached hydrogen (secondary N) is 1.